The molecule has 194 valence electrons. The van der Waals surface area contributed by atoms with Crippen molar-refractivity contribution >= 4 is 12.0 Å². The van der Waals surface area contributed by atoms with E-state index >= 15 is 0 Å². The number of nitrogens with zero attached hydrogens (tertiary/aromatic N) is 3. The van der Waals surface area contributed by atoms with E-state index in [1.807, 2.05) is 30.5 Å². The second kappa shape index (κ2) is 12.7. The van der Waals surface area contributed by atoms with Gasteiger partial charge < -0.3 is 10.2 Å². The summed E-state index contributed by atoms with van der Waals surface area (Å²) in [6, 6.07) is 22.6. The third kappa shape index (κ3) is 6.96. The van der Waals surface area contributed by atoms with Gasteiger partial charge in [0, 0.05) is 37.0 Å². The lowest BCUT2D eigenvalue weighted by atomic mass is 9.84. The highest BCUT2D eigenvalue weighted by atomic mass is 16.1. The Bertz CT molecular complexity index is 1300. The Morgan fingerprint density at radius 3 is 2.63 bits per heavy atom. The number of fused-ring (bicyclic) bond motifs is 1. The number of carbonyl (C=O) groups is 1. The number of hydrogen-bond acceptors (Lipinski definition) is 4. The maximum Gasteiger partial charge on any atom is 0.244 e. The first-order chi connectivity index (χ1) is 18.7. The standard InChI is InChI=1S/C33H36N4O/c34-24-27-5-3-4-26(22-27)9-14-33(38)36-31-12-7-25(8-13-31)15-19-37-20-16-28-10-11-30(23-29(28)17-21-37)32-6-1-2-18-35-32/h1-6,9-11,14,18,22-23,25,31H,7-8,12-13,15-17,19-21H2,(H,36,38)/b14-9+. The molecule has 5 rings (SSSR count). The average molecular weight is 505 g/mol. The van der Waals surface area contributed by atoms with Crippen molar-refractivity contribution in [1.82, 2.24) is 15.2 Å². The normalized spacial score (nSPS) is 19.9. The molecule has 0 bridgehead atoms. The Morgan fingerprint density at radius 2 is 1.84 bits per heavy atom. The first kappa shape index (κ1) is 25.9. The third-order valence-corrected chi connectivity index (χ3v) is 8.05. The maximum atomic E-state index is 12.4. The Balaban J connectivity index is 1.04. The summed E-state index contributed by atoms with van der Waals surface area (Å²) in [7, 11) is 0. The van der Waals surface area contributed by atoms with Crippen molar-refractivity contribution in [3.05, 3.63) is 95.2 Å². The number of amides is 1. The number of hydrogen-bond donors (Lipinski definition) is 1. The molecule has 1 aliphatic heterocycles. The molecule has 1 aliphatic carbocycles. The highest BCUT2D eigenvalue weighted by molar-refractivity contribution is 5.91. The van der Waals surface area contributed by atoms with Crippen molar-refractivity contribution in [2.75, 3.05) is 19.6 Å². The molecule has 38 heavy (non-hydrogen) atoms. The zero-order chi connectivity index (χ0) is 26.2. The van der Waals surface area contributed by atoms with Gasteiger partial charge in [-0.3, -0.25) is 9.78 Å². The van der Waals surface area contributed by atoms with Crippen molar-refractivity contribution in [2.45, 2.75) is 51.0 Å². The van der Waals surface area contributed by atoms with Gasteiger partial charge in [-0.25, -0.2) is 0 Å². The van der Waals surface area contributed by atoms with Gasteiger partial charge in [0.25, 0.3) is 0 Å². The number of aromatic nitrogens is 1. The minimum Gasteiger partial charge on any atom is -0.350 e. The Kier molecular flexibility index (Phi) is 8.63. The first-order valence-corrected chi connectivity index (χ1v) is 13.9. The first-order valence-electron chi connectivity index (χ1n) is 13.9. The number of nitrogens with one attached hydrogen (secondary N) is 1. The summed E-state index contributed by atoms with van der Waals surface area (Å²) in [6.07, 6.45) is 13.1. The molecule has 3 aromatic rings. The van der Waals surface area contributed by atoms with Crippen LogP contribution in [0.4, 0.5) is 0 Å². The van der Waals surface area contributed by atoms with Crippen molar-refractivity contribution < 1.29 is 4.79 Å². The SMILES string of the molecule is N#Cc1cccc(/C=C/C(=O)NC2CCC(CCN3CCc4ccc(-c5ccccn5)cc4CC3)CC2)c1. The van der Waals surface area contributed by atoms with Crippen molar-refractivity contribution in [3.8, 4) is 17.3 Å². The lowest BCUT2D eigenvalue weighted by Gasteiger charge is -2.30. The van der Waals surface area contributed by atoms with Gasteiger partial charge in [0.15, 0.2) is 0 Å². The summed E-state index contributed by atoms with van der Waals surface area (Å²) in [6.45, 7) is 3.41. The zero-order valence-electron chi connectivity index (χ0n) is 22.0. The highest BCUT2D eigenvalue weighted by Gasteiger charge is 2.23. The fraction of sp³-hybridized carbons (Fsp3) is 0.364. The Morgan fingerprint density at radius 1 is 1.00 bits per heavy atom. The van der Waals surface area contributed by atoms with Crippen LogP contribution in [0, 0.1) is 17.2 Å². The fourth-order valence-corrected chi connectivity index (χ4v) is 5.78. The summed E-state index contributed by atoms with van der Waals surface area (Å²) in [4.78, 5) is 19.6. The average Bonchev–Trinajstić information content (AvgIpc) is 3.18. The second-order valence-corrected chi connectivity index (χ2v) is 10.6. The minimum absolute atomic E-state index is 0.0499. The van der Waals surface area contributed by atoms with Gasteiger partial charge in [0.05, 0.1) is 17.3 Å². The van der Waals surface area contributed by atoms with Crippen LogP contribution in [0.5, 0.6) is 0 Å². The highest BCUT2D eigenvalue weighted by Crippen LogP contribution is 2.28. The van der Waals surface area contributed by atoms with Crippen molar-refractivity contribution in [2.24, 2.45) is 5.92 Å². The number of pyridine rings is 1. The van der Waals surface area contributed by atoms with Gasteiger partial charge in [0.1, 0.15) is 0 Å². The van der Waals surface area contributed by atoms with Crippen LogP contribution in [-0.2, 0) is 17.6 Å². The van der Waals surface area contributed by atoms with Gasteiger partial charge in [-0.2, -0.15) is 5.26 Å². The van der Waals surface area contributed by atoms with Crippen molar-refractivity contribution in [3.63, 3.8) is 0 Å². The molecular formula is C33H36N4O. The summed E-state index contributed by atoms with van der Waals surface area (Å²) in [5.41, 5.74) is 6.68. The maximum absolute atomic E-state index is 12.4. The summed E-state index contributed by atoms with van der Waals surface area (Å²) in [5, 5.41) is 12.2. The van der Waals surface area contributed by atoms with E-state index in [-0.39, 0.29) is 11.9 Å². The molecule has 1 saturated carbocycles. The van der Waals surface area contributed by atoms with E-state index in [1.54, 1.807) is 24.3 Å². The van der Waals surface area contributed by atoms with Crippen LogP contribution in [0.25, 0.3) is 17.3 Å². The van der Waals surface area contributed by atoms with Crippen LogP contribution in [0.2, 0.25) is 0 Å². The minimum atomic E-state index is -0.0499. The van der Waals surface area contributed by atoms with E-state index in [1.165, 1.54) is 36.0 Å². The monoisotopic (exact) mass is 504 g/mol. The molecule has 1 aromatic heterocycles. The van der Waals surface area contributed by atoms with Crippen LogP contribution in [-0.4, -0.2) is 41.5 Å². The van der Waals surface area contributed by atoms with Crippen molar-refractivity contribution in [1.29, 1.82) is 5.26 Å². The zero-order valence-corrected chi connectivity index (χ0v) is 22.0. The summed E-state index contributed by atoms with van der Waals surface area (Å²) >= 11 is 0. The van der Waals surface area contributed by atoms with Crippen LogP contribution < -0.4 is 5.32 Å². The van der Waals surface area contributed by atoms with E-state index < -0.39 is 0 Å². The third-order valence-electron chi connectivity index (χ3n) is 8.05. The summed E-state index contributed by atoms with van der Waals surface area (Å²) in [5.74, 6) is 0.694. The smallest absolute Gasteiger partial charge is 0.244 e. The molecule has 1 N–H and O–H groups in total. The Labute approximate surface area is 226 Å². The fourth-order valence-electron chi connectivity index (χ4n) is 5.78. The molecule has 2 aliphatic rings. The van der Waals surface area contributed by atoms with Crippen LogP contribution >= 0.6 is 0 Å². The molecule has 0 unspecified atom stereocenters. The van der Waals surface area contributed by atoms with E-state index in [4.69, 9.17) is 5.26 Å². The van der Waals surface area contributed by atoms with E-state index in [0.717, 1.165) is 62.5 Å². The quantitative estimate of drug-likeness (QED) is 0.413. The lowest BCUT2D eigenvalue weighted by molar-refractivity contribution is -0.117. The summed E-state index contributed by atoms with van der Waals surface area (Å²) < 4.78 is 0. The van der Waals surface area contributed by atoms with Gasteiger partial charge >= 0.3 is 0 Å². The van der Waals surface area contributed by atoms with Crippen LogP contribution in [0.15, 0.2) is 72.9 Å². The molecular weight excluding hydrogens is 468 g/mol. The van der Waals surface area contributed by atoms with Crippen LogP contribution in [0.1, 0.15) is 54.4 Å². The molecule has 0 atom stereocenters. The molecule has 5 nitrogen and oxygen atoms in total. The molecule has 2 heterocycles. The molecule has 0 spiro atoms. The van der Waals surface area contributed by atoms with Gasteiger partial charge in [-0.05, 0) is 111 Å². The predicted molar refractivity (Wildman–Crippen MR) is 152 cm³/mol. The number of nitriles is 1. The molecule has 2 aromatic carbocycles. The molecule has 1 amide bonds. The van der Waals surface area contributed by atoms with E-state index in [0.29, 0.717) is 5.56 Å². The second-order valence-electron chi connectivity index (χ2n) is 10.6. The molecule has 1 fully saturated rings. The number of benzene rings is 2. The van der Waals surface area contributed by atoms with Crippen LogP contribution in [0.3, 0.4) is 0 Å². The van der Waals surface area contributed by atoms with Gasteiger partial charge in [0.2, 0.25) is 5.91 Å². The predicted octanol–water partition coefficient (Wildman–Crippen LogP) is 5.80. The lowest BCUT2D eigenvalue weighted by Crippen LogP contribution is -2.37. The van der Waals surface area contributed by atoms with E-state index in [2.05, 4.69) is 45.5 Å². The number of carbonyl (C=O) groups excluding carboxylic acids is 1. The molecule has 0 saturated heterocycles. The van der Waals surface area contributed by atoms with Gasteiger partial charge in [-0.1, -0.05) is 30.3 Å². The Hall–Kier alpha value is -3.75. The topological polar surface area (TPSA) is 69.0 Å². The molecule has 5 heteroatoms. The number of rotatable bonds is 7. The molecule has 0 radical (unpaired) electrons. The van der Waals surface area contributed by atoms with E-state index in [9.17, 15) is 4.79 Å². The van der Waals surface area contributed by atoms with Gasteiger partial charge in [-0.15, -0.1) is 0 Å². The largest absolute Gasteiger partial charge is 0.350 e.